The molecule has 0 aliphatic carbocycles. The zero-order valence-corrected chi connectivity index (χ0v) is 9.56. The first-order valence-corrected chi connectivity index (χ1v) is 6.26. The summed E-state index contributed by atoms with van der Waals surface area (Å²) in [5, 5.41) is 3.41. The minimum Gasteiger partial charge on any atom is -0.378 e. The highest BCUT2D eigenvalue weighted by atomic mass is 16.5. The van der Waals surface area contributed by atoms with Gasteiger partial charge in [-0.15, -0.1) is 0 Å². The average molecular weight is 199 g/mol. The van der Waals surface area contributed by atoms with Gasteiger partial charge in [-0.25, -0.2) is 0 Å². The summed E-state index contributed by atoms with van der Waals surface area (Å²) in [5.74, 6) is 0. The summed E-state index contributed by atoms with van der Waals surface area (Å²) in [6.45, 7) is 5.54. The minimum absolute atomic E-state index is 0.534. The maximum Gasteiger partial charge on any atom is 0.0587 e. The van der Waals surface area contributed by atoms with E-state index in [0.717, 1.165) is 13.2 Å². The van der Waals surface area contributed by atoms with Crippen molar-refractivity contribution < 1.29 is 4.74 Å². The fourth-order valence-corrected chi connectivity index (χ4v) is 1.93. The van der Waals surface area contributed by atoms with Crippen LogP contribution in [0.1, 0.15) is 51.9 Å². The fourth-order valence-electron chi connectivity index (χ4n) is 1.93. The van der Waals surface area contributed by atoms with Crippen LogP contribution in [-0.4, -0.2) is 25.8 Å². The van der Waals surface area contributed by atoms with Crippen LogP contribution in [-0.2, 0) is 4.74 Å². The van der Waals surface area contributed by atoms with E-state index in [1.165, 1.54) is 51.5 Å². The first kappa shape index (κ1) is 12.0. The molecule has 1 heterocycles. The summed E-state index contributed by atoms with van der Waals surface area (Å²) in [7, 11) is 0. The highest BCUT2D eigenvalue weighted by Crippen LogP contribution is 2.10. The molecule has 0 aromatic carbocycles. The monoisotopic (exact) mass is 199 g/mol. The van der Waals surface area contributed by atoms with Crippen LogP contribution in [0.3, 0.4) is 0 Å². The van der Waals surface area contributed by atoms with Crippen molar-refractivity contribution in [3.63, 3.8) is 0 Å². The lowest BCUT2D eigenvalue weighted by Gasteiger charge is -2.14. The van der Waals surface area contributed by atoms with E-state index in [4.69, 9.17) is 4.74 Å². The van der Waals surface area contributed by atoms with E-state index >= 15 is 0 Å². The summed E-state index contributed by atoms with van der Waals surface area (Å²) < 4.78 is 5.87. The summed E-state index contributed by atoms with van der Waals surface area (Å²) in [6, 6.07) is 0. The van der Waals surface area contributed by atoms with E-state index in [0.29, 0.717) is 6.10 Å². The van der Waals surface area contributed by atoms with E-state index in [9.17, 15) is 0 Å². The van der Waals surface area contributed by atoms with Gasteiger partial charge in [0, 0.05) is 6.61 Å². The van der Waals surface area contributed by atoms with Crippen LogP contribution in [0.5, 0.6) is 0 Å². The van der Waals surface area contributed by atoms with Crippen LogP contribution < -0.4 is 5.32 Å². The Morgan fingerprint density at radius 3 is 2.93 bits per heavy atom. The largest absolute Gasteiger partial charge is 0.378 e. The van der Waals surface area contributed by atoms with Crippen molar-refractivity contribution in [3.05, 3.63) is 0 Å². The maximum absolute atomic E-state index is 5.87. The molecule has 1 unspecified atom stereocenters. The average Bonchev–Trinajstić information content (AvgIpc) is 2.46. The molecular weight excluding hydrogens is 174 g/mol. The van der Waals surface area contributed by atoms with E-state index in [-0.39, 0.29) is 0 Å². The predicted octanol–water partition coefficient (Wildman–Crippen LogP) is 2.73. The molecule has 2 nitrogen and oxygen atoms in total. The summed E-state index contributed by atoms with van der Waals surface area (Å²) in [4.78, 5) is 0. The molecule has 1 aliphatic heterocycles. The standard InChI is InChI=1S/C12H25NO/c1-2-3-4-5-11-14-12-7-6-9-13-10-8-12/h12-13H,2-11H2,1H3. The Balaban J connectivity index is 1.93. The van der Waals surface area contributed by atoms with Gasteiger partial charge in [0.05, 0.1) is 6.10 Å². The van der Waals surface area contributed by atoms with Crippen LogP contribution in [0.4, 0.5) is 0 Å². The number of hydrogen-bond acceptors (Lipinski definition) is 2. The summed E-state index contributed by atoms with van der Waals surface area (Å²) >= 11 is 0. The molecule has 1 atom stereocenters. The van der Waals surface area contributed by atoms with Crippen molar-refractivity contribution in [1.29, 1.82) is 0 Å². The molecule has 1 aliphatic rings. The number of rotatable bonds is 6. The van der Waals surface area contributed by atoms with E-state index in [2.05, 4.69) is 12.2 Å². The topological polar surface area (TPSA) is 21.3 Å². The van der Waals surface area contributed by atoms with E-state index in [1.54, 1.807) is 0 Å². The number of hydrogen-bond donors (Lipinski definition) is 1. The second-order valence-electron chi connectivity index (χ2n) is 4.23. The number of nitrogens with one attached hydrogen (secondary N) is 1. The van der Waals surface area contributed by atoms with Crippen molar-refractivity contribution in [1.82, 2.24) is 5.32 Å². The smallest absolute Gasteiger partial charge is 0.0587 e. The van der Waals surface area contributed by atoms with Crippen molar-refractivity contribution in [3.8, 4) is 0 Å². The molecule has 0 amide bonds. The SMILES string of the molecule is CCCCCCOC1CCCNCC1. The van der Waals surface area contributed by atoms with Crippen molar-refractivity contribution in [2.75, 3.05) is 19.7 Å². The van der Waals surface area contributed by atoms with Crippen molar-refractivity contribution in [2.24, 2.45) is 0 Å². The Bertz CT molecular complexity index is 119. The van der Waals surface area contributed by atoms with Gasteiger partial charge in [-0.1, -0.05) is 26.2 Å². The van der Waals surface area contributed by atoms with Crippen LogP contribution in [0, 0.1) is 0 Å². The maximum atomic E-state index is 5.87. The van der Waals surface area contributed by atoms with E-state index < -0.39 is 0 Å². The van der Waals surface area contributed by atoms with E-state index in [1.807, 2.05) is 0 Å². The molecule has 84 valence electrons. The molecule has 2 heteroatoms. The Hall–Kier alpha value is -0.0800. The Kier molecular flexibility index (Phi) is 7.06. The van der Waals surface area contributed by atoms with Gasteiger partial charge in [-0.05, 0) is 38.8 Å². The van der Waals surface area contributed by atoms with Crippen LogP contribution in [0.15, 0.2) is 0 Å². The normalized spacial score (nSPS) is 23.4. The summed E-state index contributed by atoms with van der Waals surface area (Å²) in [6.07, 6.45) is 9.52. The van der Waals surface area contributed by atoms with Crippen LogP contribution >= 0.6 is 0 Å². The molecule has 1 N–H and O–H groups in total. The predicted molar refractivity (Wildman–Crippen MR) is 60.6 cm³/mol. The van der Waals surface area contributed by atoms with Gasteiger partial charge < -0.3 is 10.1 Å². The summed E-state index contributed by atoms with van der Waals surface area (Å²) in [5.41, 5.74) is 0. The molecular formula is C12H25NO. The molecule has 1 saturated heterocycles. The first-order chi connectivity index (χ1) is 6.93. The third-order valence-electron chi connectivity index (χ3n) is 2.87. The van der Waals surface area contributed by atoms with Gasteiger partial charge in [-0.3, -0.25) is 0 Å². The van der Waals surface area contributed by atoms with Gasteiger partial charge in [0.25, 0.3) is 0 Å². The molecule has 0 radical (unpaired) electrons. The minimum atomic E-state index is 0.534. The third-order valence-corrected chi connectivity index (χ3v) is 2.87. The van der Waals surface area contributed by atoms with Crippen LogP contribution in [0.2, 0.25) is 0 Å². The third kappa shape index (κ3) is 5.61. The lowest BCUT2D eigenvalue weighted by molar-refractivity contribution is 0.0429. The van der Waals surface area contributed by atoms with Gasteiger partial charge in [-0.2, -0.15) is 0 Å². The number of unbranched alkanes of at least 4 members (excludes halogenated alkanes) is 3. The highest BCUT2D eigenvalue weighted by molar-refractivity contribution is 4.66. The van der Waals surface area contributed by atoms with Gasteiger partial charge in [0.1, 0.15) is 0 Å². The number of ether oxygens (including phenoxy) is 1. The fraction of sp³-hybridized carbons (Fsp3) is 1.00. The zero-order chi connectivity index (χ0) is 10.1. The van der Waals surface area contributed by atoms with Crippen molar-refractivity contribution >= 4 is 0 Å². The van der Waals surface area contributed by atoms with Crippen molar-refractivity contribution in [2.45, 2.75) is 58.0 Å². The van der Waals surface area contributed by atoms with Gasteiger partial charge in [0.15, 0.2) is 0 Å². The van der Waals surface area contributed by atoms with Crippen LogP contribution in [0.25, 0.3) is 0 Å². The Labute approximate surface area is 88.4 Å². The molecule has 0 saturated carbocycles. The Morgan fingerprint density at radius 2 is 2.07 bits per heavy atom. The molecule has 0 bridgehead atoms. The molecule has 0 spiro atoms. The second kappa shape index (κ2) is 8.25. The molecule has 1 fully saturated rings. The van der Waals surface area contributed by atoms with Gasteiger partial charge in [0.2, 0.25) is 0 Å². The highest BCUT2D eigenvalue weighted by Gasteiger charge is 2.11. The molecule has 0 aromatic rings. The lowest BCUT2D eigenvalue weighted by Crippen LogP contribution is -2.17. The second-order valence-corrected chi connectivity index (χ2v) is 4.23. The van der Waals surface area contributed by atoms with Gasteiger partial charge >= 0.3 is 0 Å². The lowest BCUT2D eigenvalue weighted by atomic mass is 10.1. The molecule has 1 rings (SSSR count). The molecule has 0 aromatic heterocycles. The first-order valence-electron chi connectivity index (χ1n) is 6.26. The quantitative estimate of drug-likeness (QED) is 0.664. The zero-order valence-electron chi connectivity index (χ0n) is 9.56. The molecule has 14 heavy (non-hydrogen) atoms. The Morgan fingerprint density at radius 1 is 1.14 bits per heavy atom.